The maximum Gasteiger partial charge on any atom is 0.668 e. The second-order valence-corrected chi connectivity index (χ2v) is 2.08. The van der Waals surface area contributed by atoms with Crippen LogP contribution in [-0.4, -0.2) is 44.6 Å². The van der Waals surface area contributed by atoms with Crippen molar-refractivity contribution in [2.45, 2.75) is 0 Å². The van der Waals surface area contributed by atoms with E-state index < -0.39 is 15.2 Å². The molecule has 0 amide bonds. The standard InChI is InChI=1S/CH2O3.H4O4Si.2Zr/c2-1(3)4;1-5(2,3)4;;/h(H2,2,3,4);1-4H;;. The molecule has 11 heavy (non-hydrogen) atoms. The Kier molecular flexibility index (Phi) is 22.9. The first-order valence-electron chi connectivity index (χ1n) is 1.55. The Labute approximate surface area is 101 Å². The van der Waals surface area contributed by atoms with Gasteiger partial charge in [-0.3, -0.25) is 0 Å². The molecular weight excluding hydrogens is 335 g/mol. The van der Waals surface area contributed by atoms with Crippen LogP contribution in [0.1, 0.15) is 0 Å². The molecule has 0 aliphatic carbocycles. The molecule has 0 spiro atoms. The minimum absolute atomic E-state index is 0. The molecular formula is CH6O7SiZr2. The number of rotatable bonds is 0. The van der Waals surface area contributed by atoms with Gasteiger partial charge in [0.25, 0.3) is 0 Å². The molecule has 0 aliphatic heterocycles. The van der Waals surface area contributed by atoms with Crippen molar-refractivity contribution in [2.24, 2.45) is 0 Å². The van der Waals surface area contributed by atoms with Crippen LogP contribution in [0.25, 0.3) is 0 Å². The summed E-state index contributed by atoms with van der Waals surface area (Å²) in [5.74, 6) is 0. The van der Waals surface area contributed by atoms with Gasteiger partial charge in [-0.25, -0.2) is 4.79 Å². The zero-order valence-electron chi connectivity index (χ0n) is 5.09. The number of carbonyl (C=O) groups is 1. The summed E-state index contributed by atoms with van der Waals surface area (Å²) in [6.45, 7) is 0. The van der Waals surface area contributed by atoms with Crippen LogP contribution >= 0.6 is 0 Å². The molecule has 7 nitrogen and oxygen atoms in total. The van der Waals surface area contributed by atoms with Crippen LogP contribution in [0.3, 0.4) is 0 Å². The van der Waals surface area contributed by atoms with Gasteiger partial charge in [0.15, 0.2) is 0 Å². The monoisotopic (exact) mass is 338 g/mol. The third kappa shape index (κ3) is 768. The quantitative estimate of drug-likeness (QED) is 0.270. The van der Waals surface area contributed by atoms with Gasteiger partial charge in [-0.05, 0) is 0 Å². The first-order valence-corrected chi connectivity index (χ1v) is 3.33. The summed E-state index contributed by atoms with van der Waals surface area (Å²) < 4.78 is 0. The number of carboxylic acid groups (broad SMARTS) is 2. The summed E-state index contributed by atoms with van der Waals surface area (Å²) in [4.78, 5) is 37.9. The van der Waals surface area contributed by atoms with Gasteiger partial charge < -0.3 is 29.4 Å². The van der Waals surface area contributed by atoms with Crippen molar-refractivity contribution in [3.63, 3.8) is 0 Å². The van der Waals surface area contributed by atoms with E-state index in [-0.39, 0.29) is 52.4 Å². The van der Waals surface area contributed by atoms with Gasteiger partial charge in [-0.2, -0.15) is 0 Å². The van der Waals surface area contributed by atoms with E-state index in [0.29, 0.717) is 0 Å². The van der Waals surface area contributed by atoms with Gasteiger partial charge in [-0.15, -0.1) is 0 Å². The van der Waals surface area contributed by atoms with Gasteiger partial charge in [0.2, 0.25) is 0 Å². The zero-order chi connectivity index (χ0) is 8.08. The molecule has 0 unspecified atom stereocenters. The Bertz CT molecular complexity index is 78.9. The van der Waals surface area contributed by atoms with Crippen molar-refractivity contribution >= 4 is 15.2 Å². The van der Waals surface area contributed by atoms with E-state index in [4.69, 9.17) is 34.2 Å². The van der Waals surface area contributed by atoms with Crippen LogP contribution in [-0.2, 0) is 52.4 Å². The topological polar surface area (TPSA) is 138 Å². The van der Waals surface area contributed by atoms with Crippen LogP contribution in [0.2, 0.25) is 0 Å². The Morgan fingerprint density at radius 2 is 0.909 bits per heavy atom. The number of hydrogen-bond donors (Lipinski definition) is 6. The van der Waals surface area contributed by atoms with E-state index >= 15 is 0 Å². The van der Waals surface area contributed by atoms with Gasteiger partial charge in [-0.1, -0.05) is 0 Å². The van der Waals surface area contributed by atoms with Crippen LogP contribution in [0.15, 0.2) is 0 Å². The van der Waals surface area contributed by atoms with Gasteiger partial charge >= 0.3 is 15.2 Å². The first kappa shape index (κ1) is 22.7. The predicted octanol–water partition coefficient (Wildman–Crippen LogP) is -2.39. The maximum atomic E-state index is 8.56. The van der Waals surface area contributed by atoms with Crippen molar-refractivity contribution in [2.75, 3.05) is 0 Å². The Morgan fingerprint density at radius 3 is 0.909 bits per heavy atom. The molecule has 0 rings (SSSR count). The Morgan fingerprint density at radius 1 is 0.909 bits per heavy atom. The zero-order valence-corrected chi connectivity index (χ0v) is 11.0. The fourth-order valence-corrected chi connectivity index (χ4v) is 0. The molecule has 0 fully saturated rings. The molecule has 64 valence electrons. The van der Waals surface area contributed by atoms with E-state index in [2.05, 4.69) is 0 Å². The van der Waals surface area contributed by atoms with E-state index in [1.54, 1.807) is 0 Å². The van der Waals surface area contributed by atoms with Crippen molar-refractivity contribution in [1.82, 2.24) is 0 Å². The Hall–Kier alpha value is 1.09. The molecule has 0 saturated carbocycles. The summed E-state index contributed by atoms with van der Waals surface area (Å²) >= 11 is 0. The average molecular weight is 341 g/mol. The smallest absolute Gasteiger partial charge is 0.450 e. The predicted molar refractivity (Wildman–Crippen MR) is 25.3 cm³/mol. The van der Waals surface area contributed by atoms with Crippen molar-refractivity contribution in [3.8, 4) is 0 Å². The van der Waals surface area contributed by atoms with Crippen LogP contribution in [0.4, 0.5) is 4.79 Å². The summed E-state index contributed by atoms with van der Waals surface area (Å²) in [5, 5.41) is 13.9. The molecule has 10 heteroatoms. The van der Waals surface area contributed by atoms with Gasteiger partial charge in [0, 0.05) is 52.4 Å². The molecule has 0 aromatic heterocycles. The van der Waals surface area contributed by atoms with Gasteiger partial charge in [0.05, 0.1) is 0 Å². The van der Waals surface area contributed by atoms with Gasteiger partial charge in [0.1, 0.15) is 0 Å². The summed E-state index contributed by atoms with van der Waals surface area (Å²) in [6.07, 6.45) is -1.83. The fourth-order valence-electron chi connectivity index (χ4n) is 0. The maximum absolute atomic E-state index is 8.56. The second kappa shape index (κ2) is 11.1. The molecule has 0 aromatic rings. The molecule has 0 bridgehead atoms. The van der Waals surface area contributed by atoms with E-state index in [1.807, 2.05) is 0 Å². The molecule has 0 radical (unpaired) electrons. The largest absolute Gasteiger partial charge is 0.668 e. The molecule has 0 saturated heterocycles. The average Bonchev–Trinajstić information content (AvgIpc) is 1.19. The van der Waals surface area contributed by atoms with Crippen molar-refractivity contribution in [3.05, 3.63) is 0 Å². The minimum atomic E-state index is -4.61. The van der Waals surface area contributed by atoms with E-state index in [9.17, 15) is 0 Å². The second-order valence-electron chi connectivity index (χ2n) is 0.883. The summed E-state index contributed by atoms with van der Waals surface area (Å²) in [5.41, 5.74) is 0. The summed E-state index contributed by atoms with van der Waals surface area (Å²) in [7, 11) is -4.61. The SMILES string of the molecule is O=C(O)O.O[Si](O)(O)O.[Zr].[Zr]. The minimum Gasteiger partial charge on any atom is -0.450 e. The van der Waals surface area contributed by atoms with Crippen molar-refractivity contribution < 1.29 is 86.6 Å². The molecule has 0 aliphatic rings. The van der Waals surface area contributed by atoms with E-state index in [0.717, 1.165) is 0 Å². The molecule has 0 atom stereocenters. The van der Waals surface area contributed by atoms with Crippen LogP contribution in [0.5, 0.6) is 0 Å². The molecule has 0 heterocycles. The third-order valence-corrected chi connectivity index (χ3v) is 0. The summed E-state index contributed by atoms with van der Waals surface area (Å²) in [6, 6.07) is 0. The molecule has 6 N–H and O–H groups in total. The Balaban J connectivity index is -0.0000000383. The van der Waals surface area contributed by atoms with Crippen molar-refractivity contribution in [1.29, 1.82) is 0 Å². The molecule has 0 aromatic carbocycles. The third-order valence-electron chi connectivity index (χ3n) is 0. The van der Waals surface area contributed by atoms with E-state index in [1.165, 1.54) is 0 Å². The van der Waals surface area contributed by atoms with Crippen LogP contribution < -0.4 is 0 Å². The fraction of sp³-hybridized carbons (Fsp3) is 0. The van der Waals surface area contributed by atoms with Crippen LogP contribution in [0, 0.1) is 0 Å². The number of hydrogen-bond acceptors (Lipinski definition) is 5. The normalized spacial score (nSPS) is 7.64. The first-order chi connectivity index (χ1) is 3.73.